The van der Waals surface area contributed by atoms with Gasteiger partial charge in [0.15, 0.2) is 0 Å². The summed E-state index contributed by atoms with van der Waals surface area (Å²) in [5.41, 5.74) is 0. The molecule has 0 saturated carbocycles. The van der Waals surface area contributed by atoms with E-state index >= 15 is 0 Å². The lowest BCUT2D eigenvalue weighted by molar-refractivity contribution is 0.122. The molecule has 0 rings (SSSR count). The molecule has 0 aliphatic heterocycles. The first-order valence-corrected chi connectivity index (χ1v) is 4.82. The molecule has 6 heteroatoms. The van der Waals surface area contributed by atoms with Crippen molar-refractivity contribution in [2.75, 3.05) is 40.8 Å². The molecule has 0 aliphatic rings. The van der Waals surface area contributed by atoms with Crippen molar-refractivity contribution >= 4 is 12.1 Å². The molecule has 0 fully saturated rings. The van der Waals surface area contributed by atoms with Crippen molar-refractivity contribution < 1.29 is 14.3 Å². The fourth-order valence-electron chi connectivity index (χ4n) is 1.07. The van der Waals surface area contributed by atoms with Crippen LogP contribution in [0.1, 0.15) is 6.92 Å². The number of carbonyl (C=O) groups excluding carboxylic acids is 2. The van der Waals surface area contributed by atoms with Gasteiger partial charge in [0.25, 0.3) is 0 Å². The summed E-state index contributed by atoms with van der Waals surface area (Å²) in [5.74, 6) is 0. The van der Waals surface area contributed by atoms with Crippen molar-refractivity contribution in [3.8, 4) is 0 Å². The minimum Gasteiger partial charge on any atom is -0.453 e. The van der Waals surface area contributed by atoms with Crippen molar-refractivity contribution in [2.24, 2.45) is 0 Å². The summed E-state index contributed by atoms with van der Waals surface area (Å²) < 4.78 is 4.59. The van der Waals surface area contributed by atoms with Crippen LogP contribution in [0.25, 0.3) is 0 Å². The molecule has 0 spiro atoms. The topological polar surface area (TPSA) is 61.9 Å². The predicted molar refractivity (Wildman–Crippen MR) is 56.7 cm³/mol. The van der Waals surface area contributed by atoms with Gasteiger partial charge >= 0.3 is 12.1 Å². The molecule has 0 unspecified atom stereocenters. The number of nitrogens with one attached hydrogen (secondary N) is 1. The number of carbonyl (C=O) groups is 2. The molecule has 6 nitrogen and oxygen atoms in total. The summed E-state index contributed by atoms with van der Waals surface area (Å²) in [5, 5.41) is 2.50. The standard InChI is InChI=1S/C9H19N3O3/c1-5-12(9(14)15-4)7-6-11(3)8(13)10-2/h5-7H2,1-4H3,(H,10,13). The molecular formula is C9H19N3O3. The smallest absolute Gasteiger partial charge is 0.409 e. The van der Waals surface area contributed by atoms with Gasteiger partial charge in [0.2, 0.25) is 0 Å². The summed E-state index contributed by atoms with van der Waals surface area (Å²) in [6.07, 6.45) is -0.372. The zero-order valence-corrected chi connectivity index (χ0v) is 9.74. The van der Waals surface area contributed by atoms with Crippen LogP contribution < -0.4 is 5.32 Å². The summed E-state index contributed by atoms with van der Waals surface area (Å²) in [4.78, 5) is 25.3. The second-order valence-electron chi connectivity index (χ2n) is 3.03. The summed E-state index contributed by atoms with van der Waals surface area (Å²) in [6.45, 7) is 3.36. The maximum Gasteiger partial charge on any atom is 0.409 e. The van der Waals surface area contributed by atoms with Gasteiger partial charge in [0.05, 0.1) is 7.11 Å². The van der Waals surface area contributed by atoms with Crippen molar-refractivity contribution in [1.82, 2.24) is 15.1 Å². The first-order chi connectivity index (χ1) is 7.06. The second kappa shape index (κ2) is 6.92. The van der Waals surface area contributed by atoms with Gasteiger partial charge in [-0.2, -0.15) is 0 Å². The quantitative estimate of drug-likeness (QED) is 0.739. The van der Waals surface area contributed by atoms with Crippen LogP contribution >= 0.6 is 0 Å². The molecular weight excluding hydrogens is 198 g/mol. The number of methoxy groups -OCH3 is 1. The van der Waals surface area contributed by atoms with Gasteiger partial charge in [-0.3, -0.25) is 0 Å². The van der Waals surface area contributed by atoms with Crippen LogP contribution in [0.2, 0.25) is 0 Å². The molecule has 0 heterocycles. The number of amides is 3. The summed E-state index contributed by atoms with van der Waals surface area (Å²) in [6, 6.07) is -0.170. The summed E-state index contributed by atoms with van der Waals surface area (Å²) >= 11 is 0. The zero-order chi connectivity index (χ0) is 11.8. The van der Waals surface area contributed by atoms with Crippen molar-refractivity contribution in [3.05, 3.63) is 0 Å². The van der Waals surface area contributed by atoms with Gasteiger partial charge in [-0.15, -0.1) is 0 Å². The van der Waals surface area contributed by atoms with E-state index < -0.39 is 0 Å². The van der Waals surface area contributed by atoms with Crippen molar-refractivity contribution in [1.29, 1.82) is 0 Å². The van der Waals surface area contributed by atoms with Gasteiger partial charge in [-0.1, -0.05) is 0 Å². The lowest BCUT2D eigenvalue weighted by atomic mass is 10.5. The van der Waals surface area contributed by atoms with Gasteiger partial charge in [0.1, 0.15) is 0 Å². The molecule has 0 atom stereocenters. The van der Waals surface area contributed by atoms with Crippen LogP contribution in [0.4, 0.5) is 9.59 Å². The first kappa shape index (κ1) is 13.5. The molecule has 1 N–H and O–H groups in total. The van der Waals surface area contributed by atoms with Crippen molar-refractivity contribution in [3.63, 3.8) is 0 Å². The monoisotopic (exact) mass is 217 g/mol. The molecule has 88 valence electrons. The molecule has 0 saturated heterocycles. The Balaban J connectivity index is 4.00. The molecule has 0 aromatic rings. The van der Waals surface area contributed by atoms with Crippen LogP contribution in [0.5, 0.6) is 0 Å². The molecule has 15 heavy (non-hydrogen) atoms. The number of rotatable bonds is 4. The van der Waals surface area contributed by atoms with E-state index in [4.69, 9.17) is 0 Å². The lowest BCUT2D eigenvalue weighted by Gasteiger charge is -2.23. The second-order valence-corrected chi connectivity index (χ2v) is 3.03. The van der Waals surface area contributed by atoms with Crippen LogP contribution in [0.3, 0.4) is 0 Å². The van der Waals surface area contributed by atoms with E-state index in [0.717, 1.165) is 0 Å². The zero-order valence-electron chi connectivity index (χ0n) is 9.74. The van der Waals surface area contributed by atoms with Crippen LogP contribution in [-0.2, 0) is 4.74 Å². The molecule has 0 aliphatic carbocycles. The highest BCUT2D eigenvalue weighted by Gasteiger charge is 2.13. The van der Waals surface area contributed by atoms with E-state index in [-0.39, 0.29) is 12.1 Å². The Bertz CT molecular complexity index is 221. The van der Waals surface area contributed by atoms with Crippen LogP contribution in [-0.4, -0.2) is 62.8 Å². The minimum absolute atomic E-state index is 0.170. The number of urea groups is 1. The average Bonchev–Trinajstić information content (AvgIpc) is 2.27. The average molecular weight is 217 g/mol. The third-order valence-corrected chi connectivity index (χ3v) is 2.08. The maximum absolute atomic E-state index is 11.2. The van der Waals surface area contributed by atoms with E-state index in [0.29, 0.717) is 19.6 Å². The van der Waals surface area contributed by atoms with Gasteiger partial charge in [-0.25, -0.2) is 9.59 Å². The van der Waals surface area contributed by atoms with Gasteiger partial charge in [0, 0.05) is 33.7 Å². The Hall–Kier alpha value is -1.46. The predicted octanol–water partition coefficient (Wildman–Crippen LogP) is 0.346. The van der Waals surface area contributed by atoms with E-state index in [1.54, 1.807) is 14.1 Å². The Kier molecular flexibility index (Phi) is 6.24. The molecule has 0 radical (unpaired) electrons. The Labute approximate surface area is 90.2 Å². The highest BCUT2D eigenvalue weighted by molar-refractivity contribution is 5.73. The number of hydrogen-bond acceptors (Lipinski definition) is 3. The fourth-order valence-corrected chi connectivity index (χ4v) is 1.07. The molecule has 3 amide bonds. The SMILES string of the molecule is CCN(CCN(C)C(=O)NC)C(=O)OC. The maximum atomic E-state index is 11.2. The number of nitrogens with zero attached hydrogens (tertiary/aromatic N) is 2. The lowest BCUT2D eigenvalue weighted by Crippen LogP contribution is -2.42. The summed E-state index contributed by atoms with van der Waals surface area (Å²) in [7, 11) is 4.58. The van der Waals surface area contributed by atoms with E-state index in [2.05, 4.69) is 10.1 Å². The molecule has 0 bridgehead atoms. The third-order valence-electron chi connectivity index (χ3n) is 2.08. The Morgan fingerprint density at radius 3 is 2.33 bits per heavy atom. The van der Waals surface area contributed by atoms with Crippen LogP contribution in [0.15, 0.2) is 0 Å². The highest BCUT2D eigenvalue weighted by atomic mass is 16.5. The number of likely N-dealkylation sites (N-methyl/N-ethyl adjacent to an activating group) is 2. The Morgan fingerprint density at radius 1 is 1.33 bits per heavy atom. The normalized spacial score (nSPS) is 9.33. The van der Waals surface area contributed by atoms with Crippen LogP contribution in [0, 0.1) is 0 Å². The van der Waals surface area contributed by atoms with Gasteiger partial charge in [-0.05, 0) is 6.92 Å². The first-order valence-electron chi connectivity index (χ1n) is 4.82. The van der Waals surface area contributed by atoms with E-state index in [1.807, 2.05) is 6.92 Å². The highest BCUT2D eigenvalue weighted by Crippen LogP contribution is 1.94. The minimum atomic E-state index is -0.372. The largest absolute Gasteiger partial charge is 0.453 e. The number of ether oxygens (including phenoxy) is 1. The molecule has 0 aromatic heterocycles. The van der Waals surface area contributed by atoms with Gasteiger partial charge < -0.3 is 19.9 Å². The van der Waals surface area contributed by atoms with Crippen molar-refractivity contribution in [2.45, 2.75) is 6.92 Å². The molecule has 0 aromatic carbocycles. The van der Waals surface area contributed by atoms with E-state index in [9.17, 15) is 9.59 Å². The Morgan fingerprint density at radius 2 is 1.93 bits per heavy atom. The van der Waals surface area contributed by atoms with E-state index in [1.165, 1.54) is 16.9 Å². The fraction of sp³-hybridized carbons (Fsp3) is 0.778. The third kappa shape index (κ3) is 4.53. The number of hydrogen-bond donors (Lipinski definition) is 1.